The molecule has 0 saturated carbocycles. The predicted octanol–water partition coefficient (Wildman–Crippen LogP) is 2.56. The molecule has 1 aromatic carbocycles. The maximum absolute atomic E-state index is 4.18. The molecule has 128 valence electrons. The zero-order chi connectivity index (χ0) is 16.2. The molecule has 2 heterocycles. The summed E-state index contributed by atoms with van der Waals surface area (Å²) in [6.07, 6.45) is 9.26. The van der Waals surface area contributed by atoms with Gasteiger partial charge in [0.25, 0.3) is 0 Å². The number of H-pyrrole nitrogens is 1. The van der Waals surface area contributed by atoms with Gasteiger partial charge in [-0.05, 0) is 62.7 Å². The number of rotatable bonds is 5. The molecular weight excluding hydrogens is 296 g/mol. The van der Waals surface area contributed by atoms with Gasteiger partial charge in [-0.1, -0.05) is 30.3 Å². The molecule has 1 saturated heterocycles. The minimum absolute atomic E-state index is 0.635. The largest absolute Gasteiger partial charge is 0.311 e. The van der Waals surface area contributed by atoms with Crippen LogP contribution < -0.4 is 5.32 Å². The van der Waals surface area contributed by atoms with Gasteiger partial charge in [-0.2, -0.15) is 5.10 Å². The molecule has 4 nitrogen and oxygen atoms in total. The van der Waals surface area contributed by atoms with Crippen LogP contribution >= 0.6 is 0 Å². The molecule has 2 aliphatic rings. The van der Waals surface area contributed by atoms with Crippen LogP contribution in [0.25, 0.3) is 0 Å². The third-order valence-electron chi connectivity index (χ3n) is 5.64. The van der Waals surface area contributed by atoms with Gasteiger partial charge >= 0.3 is 0 Å². The molecule has 2 aromatic rings. The van der Waals surface area contributed by atoms with Crippen LogP contribution in [-0.4, -0.2) is 46.8 Å². The first-order valence-electron chi connectivity index (χ1n) is 9.40. The van der Waals surface area contributed by atoms with E-state index in [-0.39, 0.29) is 0 Å². The van der Waals surface area contributed by atoms with E-state index in [4.69, 9.17) is 0 Å². The van der Waals surface area contributed by atoms with Crippen molar-refractivity contribution in [1.82, 2.24) is 20.4 Å². The van der Waals surface area contributed by atoms with E-state index in [1.54, 1.807) is 0 Å². The fraction of sp³-hybridized carbons (Fsp3) is 0.550. The Labute approximate surface area is 144 Å². The number of fused-ring (bicyclic) bond motifs is 1. The third-order valence-corrected chi connectivity index (χ3v) is 5.64. The molecule has 1 aliphatic carbocycles. The van der Waals surface area contributed by atoms with E-state index in [9.17, 15) is 0 Å². The predicted molar refractivity (Wildman–Crippen MR) is 97.1 cm³/mol. The van der Waals surface area contributed by atoms with Crippen molar-refractivity contribution in [3.05, 3.63) is 53.3 Å². The SMILES string of the molecule is c1ccc(CCN2CCC(N[C@@H]3CCc4[nH]ncc4C3)CC2)cc1. The summed E-state index contributed by atoms with van der Waals surface area (Å²) in [7, 11) is 0. The number of likely N-dealkylation sites (tertiary alicyclic amines) is 1. The van der Waals surface area contributed by atoms with Crippen LogP contribution in [0.15, 0.2) is 36.5 Å². The van der Waals surface area contributed by atoms with Crippen molar-refractivity contribution in [1.29, 1.82) is 0 Å². The van der Waals surface area contributed by atoms with E-state index in [2.05, 4.69) is 50.7 Å². The average molecular weight is 324 g/mol. The molecule has 0 amide bonds. The van der Waals surface area contributed by atoms with E-state index in [1.807, 2.05) is 6.20 Å². The molecule has 24 heavy (non-hydrogen) atoms. The van der Waals surface area contributed by atoms with Crippen molar-refractivity contribution in [3.63, 3.8) is 0 Å². The van der Waals surface area contributed by atoms with Crippen LogP contribution in [0, 0.1) is 0 Å². The number of nitrogens with one attached hydrogen (secondary N) is 2. The second kappa shape index (κ2) is 7.49. The Kier molecular flexibility index (Phi) is 4.95. The Hall–Kier alpha value is -1.65. The van der Waals surface area contributed by atoms with Crippen LogP contribution in [0.1, 0.15) is 36.1 Å². The number of aromatic amines is 1. The monoisotopic (exact) mass is 324 g/mol. The molecule has 1 fully saturated rings. The highest BCUT2D eigenvalue weighted by Crippen LogP contribution is 2.21. The summed E-state index contributed by atoms with van der Waals surface area (Å²) in [5, 5.41) is 11.2. The van der Waals surface area contributed by atoms with Crippen molar-refractivity contribution in [2.45, 2.75) is 50.6 Å². The number of aryl methyl sites for hydroxylation is 1. The highest BCUT2D eigenvalue weighted by Gasteiger charge is 2.25. The Morgan fingerprint density at radius 3 is 2.75 bits per heavy atom. The van der Waals surface area contributed by atoms with E-state index < -0.39 is 0 Å². The second-order valence-electron chi connectivity index (χ2n) is 7.33. The first-order chi connectivity index (χ1) is 11.9. The average Bonchev–Trinajstić information content (AvgIpc) is 3.10. The minimum atomic E-state index is 0.635. The number of benzene rings is 1. The van der Waals surface area contributed by atoms with Crippen LogP contribution in [-0.2, 0) is 19.3 Å². The quantitative estimate of drug-likeness (QED) is 0.888. The molecule has 1 atom stereocenters. The fourth-order valence-corrected chi connectivity index (χ4v) is 4.15. The smallest absolute Gasteiger partial charge is 0.0522 e. The van der Waals surface area contributed by atoms with E-state index in [1.165, 1.54) is 62.1 Å². The number of piperidine rings is 1. The highest BCUT2D eigenvalue weighted by atomic mass is 15.1. The highest BCUT2D eigenvalue weighted by molar-refractivity contribution is 5.21. The zero-order valence-corrected chi connectivity index (χ0v) is 14.4. The Morgan fingerprint density at radius 2 is 1.92 bits per heavy atom. The number of aromatic nitrogens is 2. The van der Waals surface area contributed by atoms with Crippen LogP contribution in [0.2, 0.25) is 0 Å². The van der Waals surface area contributed by atoms with Gasteiger partial charge < -0.3 is 10.2 Å². The molecule has 0 unspecified atom stereocenters. The molecule has 1 aromatic heterocycles. The first-order valence-corrected chi connectivity index (χ1v) is 9.40. The molecule has 0 bridgehead atoms. The number of hydrogen-bond donors (Lipinski definition) is 2. The number of hydrogen-bond acceptors (Lipinski definition) is 3. The van der Waals surface area contributed by atoms with Crippen molar-refractivity contribution in [2.24, 2.45) is 0 Å². The lowest BCUT2D eigenvalue weighted by Gasteiger charge is -2.35. The summed E-state index contributed by atoms with van der Waals surface area (Å²) in [5.74, 6) is 0. The molecule has 0 spiro atoms. The fourth-order valence-electron chi connectivity index (χ4n) is 4.15. The van der Waals surface area contributed by atoms with E-state index in [0.29, 0.717) is 12.1 Å². The lowest BCUT2D eigenvalue weighted by Crippen LogP contribution is -2.48. The molecule has 4 rings (SSSR count). The van der Waals surface area contributed by atoms with Gasteiger partial charge in [0.2, 0.25) is 0 Å². The van der Waals surface area contributed by atoms with Gasteiger partial charge in [0.15, 0.2) is 0 Å². The summed E-state index contributed by atoms with van der Waals surface area (Å²) >= 11 is 0. The molecule has 4 heteroatoms. The normalized spacial score (nSPS) is 22.4. The van der Waals surface area contributed by atoms with Crippen molar-refractivity contribution in [3.8, 4) is 0 Å². The van der Waals surface area contributed by atoms with Crippen molar-refractivity contribution in [2.75, 3.05) is 19.6 Å². The van der Waals surface area contributed by atoms with Crippen LogP contribution in [0.3, 0.4) is 0 Å². The van der Waals surface area contributed by atoms with Crippen LogP contribution in [0.4, 0.5) is 0 Å². The maximum atomic E-state index is 4.18. The van der Waals surface area contributed by atoms with Crippen molar-refractivity contribution >= 4 is 0 Å². The molecule has 1 aliphatic heterocycles. The Bertz CT molecular complexity index is 628. The van der Waals surface area contributed by atoms with Gasteiger partial charge in [-0.15, -0.1) is 0 Å². The molecule has 2 N–H and O–H groups in total. The van der Waals surface area contributed by atoms with E-state index >= 15 is 0 Å². The van der Waals surface area contributed by atoms with E-state index in [0.717, 1.165) is 12.8 Å². The second-order valence-corrected chi connectivity index (χ2v) is 7.33. The third kappa shape index (κ3) is 3.87. The maximum Gasteiger partial charge on any atom is 0.0522 e. The van der Waals surface area contributed by atoms with Gasteiger partial charge in [0.05, 0.1) is 6.20 Å². The van der Waals surface area contributed by atoms with Crippen LogP contribution in [0.5, 0.6) is 0 Å². The molecular formula is C20H28N4. The summed E-state index contributed by atoms with van der Waals surface area (Å²) in [4.78, 5) is 2.63. The Balaban J connectivity index is 1.19. The molecule has 0 radical (unpaired) electrons. The minimum Gasteiger partial charge on any atom is -0.311 e. The first kappa shape index (κ1) is 15.9. The summed E-state index contributed by atoms with van der Waals surface area (Å²) in [5.41, 5.74) is 4.22. The van der Waals surface area contributed by atoms with Gasteiger partial charge in [-0.3, -0.25) is 5.10 Å². The summed E-state index contributed by atoms with van der Waals surface area (Å²) in [6.45, 7) is 3.65. The van der Waals surface area contributed by atoms with Crippen molar-refractivity contribution < 1.29 is 0 Å². The lowest BCUT2D eigenvalue weighted by molar-refractivity contribution is 0.190. The summed E-state index contributed by atoms with van der Waals surface area (Å²) < 4.78 is 0. The van der Waals surface area contributed by atoms with Gasteiger partial charge in [-0.25, -0.2) is 0 Å². The summed E-state index contributed by atoms with van der Waals surface area (Å²) in [6, 6.07) is 12.2. The van der Waals surface area contributed by atoms with Gasteiger partial charge in [0, 0.05) is 24.3 Å². The zero-order valence-electron chi connectivity index (χ0n) is 14.4. The topological polar surface area (TPSA) is 44.0 Å². The Morgan fingerprint density at radius 1 is 1.08 bits per heavy atom. The number of nitrogens with zero attached hydrogens (tertiary/aromatic N) is 2. The van der Waals surface area contributed by atoms with Gasteiger partial charge in [0.1, 0.15) is 0 Å². The lowest BCUT2D eigenvalue weighted by atomic mass is 9.92. The standard InChI is InChI=1S/C20H28N4/c1-2-4-16(5-3-1)8-11-24-12-9-18(10-13-24)22-19-6-7-20-17(14-19)15-21-23-20/h1-5,15,18-19,22H,6-14H2,(H,21,23)/t19-/m1/s1.